The van der Waals surface area contributed by atoms with Crippen LogP contribution in [-0.4, -0.2) is 25.0 Å². The van der Waals surface area contributed by atoms with Gasteiger partial charge in [-0.2, -0.15) is 0 Å². The van der Waals surface area contributed by atoms with Gasteiger partial charge in [-0.05, 0) is 31.9 Å². The number of aromatic nitrogens is 1. The zero-order chi connectivity index (χ0) is 18.0. The molecule has 0 spiro atoms. The van der Waals surface area contributed by atoms with Crippen molar-refractivity contribution in [2.45, 2.75) is 26.7 Å². The minimum Gasteiger partial charge on any atom is -0.493 e. The Morgan fingerprint density at radius 2 is 1.68 bits per heavy atom. The van der Waals surface area contributed by atoms with Gasteiger partial charge in [-0.3, -0.25) is 0 Å². The van der Waals surface area contributed by atoms with E-state index in [1.54, 1.807) is 21.1 Å². The average molecular weight is 337 g/mol. The third kappa shape index (κ3) is 3.38. The SMILES string of the molecule is COc1cc2[nH]c(CCC(C)=O)c(-c3ccc(C)cc3)c2cc1OC. The molecule has 4 nitrogen and oxygen atoms in total. The molecule has 0 unspecified atom stereocenters. The van der Waals surface area contributed by atoms with E-state index in [0.29, 0.717) is 24.3 Å². The van der Waals surface area contributed by atoms with Crippen molar-refractivity contribution in [1.29, 1.82) is 0 Å². The number of carbonyl (C=O) groups is 1. The van der Waals surface area contributed by atoms with E-state index in [4.69, 9.17) is 9.47 Å². The summed E-state index contributed by atoms with van der Waals surface area (Å²) < 4.78 is 10.9. The number of H-pyrrole nitrogens is 1. The van der Waals surface area contributed by atoms with Gasteiger partial charge in [0.2, 0.25) is 0 Å². The normalized spacial score (nSPS) is 10.9. The van der Waals surface area contributed by atoms with Crippen LogP contribution >= 0.6 is 0 Å². The summed E-state index contributed by atoms with van der Waals surface area (Å²) in [6.45, 7) is 3.70. The molecule has 0 aliphatic rings. The Morgan fingerprint density at radius 3 is 2.28 bits per heavy atom. The monoisotopic (exact) mass is 337 g/mol. The predicted octanol–water partition coefficient (Wildman–Crippen LogP) is 4.68. The van der Waals surface area contributed by atoms with Gasteiger partial charge in [-0.15, -0.1) is 0 Å². The van der Waals surface area contributed by atoms with Gasteiger partial charge >= 0.3 is 0 Å². The van der Waals surface area contributed by atoms with Crippen molar-refractivity contribution < 1.29 is 14.3 Å². The number of aromatic amines is 1. The molecule has 0 fully saturated rings. The molecule has 0 amide bonds. The summed E-state index contributed by atoms with van der Waals surface area (Å²) >= 11 is 0. The number of benzene rings is 2. The summed E-state index contributed by atoms with van der Waals surface area (Å²) in [6.07, 6.45) is 1.19. The van der Waals surface area contributed by atoms with Crippen molar-refractivity contribution in [2.75, 3.05) is 14.2 Å². The average Bonchev–Trinajstić information content (AvgIpc) is 2.96. The number of hydrogen-bond donors (Lipinski definition) is 1. The van der Waals surface area contributed by atoms with Gasteiger partial charge in [0.05, 0.1) is 19.7 Å². The first kappa shape index (κ1) is 17.1. The van der Waals surface area contributed by atoms with Crippen molar-refractivity contribution in [3.05, 3.63) is 47.7 Å². The standard InChI is InChI=1S/C21H23NO3/c1-13-5-8-15(9-6-13)21-16-11-19(24-3)20(25-4)12-18(16)22-17(21)10-7-14(2)23/h5-6,8-9,11-12,22H,7,10H2,1-4H3. The lowest BCUT2D eigenvalue weighted by Crippen LogP contribution is -1.96. The summed E-state index contributed by atoms with van der Waals surface area (Å²) in [5.41, 5.74) is 5.50. The maximum absolute atomic E-state index is 11.5. The molecular formula is C21H23NO3. The summed E-state index contributed by atoms with van der Waals surface area (Å²) in [4.78, 5) is 14.9. The van der Waals surface area contributed by atoms with Gasteiger partial charge in [0.25, 0.3) is 0 Å². The molecule has 1 heterocycles. The molecule has 130 valence electrons. The third-order valence-corrected chi connectivity index (χ3v) is 4.45. The maximum atomic E-state index is 11.5. The molecule has 0 radical (unpaired) electrons. The lowest BCUT2D eigenvalue weighted by Gasteiger charge is -2.09. The number of Topliss-reactive ketones (excluding diaryl/α,β-unsaturated/α-hetero) is 1. The summed E-state index contributed by atoms with van der Waals surface area (Å²) in [6, 6.07) is 12.4. The minimum atomic E-state index is 0.184. The maximum Gasteiger partial charge on any atom is 0.162 e. The predicted molar refractivity (Wildman–Crippen MR) is 101 cm³/mol. The summed E-state index contributed by atoms with van der Waals surface area (Å²) in [5.74, 6) is 1.56. The van der Waals surface area contributed by atoms with E-state index in [-0.39, 0.29) is 5.78 Å². The van der Waals surface area contributed by atoms with Gasteiger partial charge in [-0.25, -0.2) is 0 Å². The number of carbonyl (C=O) groups excluding carboxylic acids is 1. The van der Waals surface area contributed by atoms with Crippen LogP contribution in [0.2, 0.25) is 0 Å². The fourth-order valence-corrected chi connectivity index (χ4v) is 3.12. The van der Waals surface area contributed by atoms with E-state index in [1.165, 1.54) is 5.56 Å². The number of rotatable bonds is 6. The van der Waals surface area contributed by atoms with E-state index in [1.807, 2.05) is 12.1 Å². The minimum absolute atomic E-state index is 0.184. The van der Waals surface area contributed by atoms with E-state index < -0.39 is 0 Å². The molecule has 0 bridgehead atoms. The van der Waals surface area contributed by atoms with Crippen molar-refractivity contribution in [1.82, 2.24) is 4.98 Å². The number of ether oxygens (including phenoxy) is 2. The molecule has 0 aliphatic heterocycles. The second-order valence-corrected chi connectivity index (χ2v) is 6.30. The van der Waals surface area contributed by atoms with E-state index >= 15 is 0 Å². The first-order valence-electron chi connectivity index (χ1n) is 8.36. The first-order valence-corrected chi connectivity index (χ1v) is 8.36. The first-order chi connectivity index (χ1) is 12.0. The Kier molecular flexibility index (Phi) is 4.79. The van der Waals surface area contributed by atoms with Crippen LogP contribution in [0.1, 0.15) is 24.6 Å². The van der Waals surface area contributed by atoms with Gasteiger partial charge in [0.15, 0.2) is 11.5 Å². The molecule has 1 N–H and O–H groups in total. The highest BCUT2D eigenvalue weighted by molar-refractivity contribution is 5.99. The van der Waals surface area contributed by atoms with Crippen LogP contribution in [0.4, 0.5) is 0 Å². The van der Waals surface area contributed by atoms with Gasteiger partial charge in [-0.1, -0.05) is 29.8 Å². The molecule has 1 aromatic heterocycles. The number of nitrogens with one attached hydrogen (secondary N) is 1. The van der Waals surface area contributed by atoms with Crippen LogP contribution in [0.25, 0.3) is 22.0 Å². The van der Waals surface area contributed by atoms with E-state index in [0.717, 1.165) is 27.7 Å². The Morgan fingerprint density at radius 1 is 1.04 bits per heavy atom. The van der Waals surface area contributed by atoms with Crippen molar-refractivity contribution in [3.8, 4) is 22.6 Å². The quantitative estimate of drug-likeness (QED) is 0.710. The zero-order valence-electron chi connectivity index (χ0n) is 15.1. The molecule has 0 atom stereocenters. The van der Waals surface area contributed by atoms with Crippen LogP contribution in [0.5, 0.6) is 11.5 Å². The number of methoxy groups -OCH3 is 2. The topological polar surface area (TPSA) is 51.3 Å². The van der Waals surface area contributed by atoms with Crippen molar-refractivity contribution in [2.24, 2.45) is 0 Å². The Bertz CT molecular complexity index is 907. The highest BCUT2D eigenvalue weighted by atomic mass is 16.5. The molecule has 3 rings (SSSR count). The van der Waals surface area contributed by atoms with E-state index in [9.17, 15) is 4.79 Å². The molecule has 0 aliphatic carbocycles. The van der Waals surface area contributed by atoms with Crippen LogP contribution in [0.3, 0.4) is 0 Å². The number of hydrogen-bond acceptors (Lipinski definition) is 3. The number of fused-ring (bicyclic) bond motifs is 1. The highest BCUT2D eigenvalue weighted by Crippen LogP contribution is 2.39. The largest absolute Gasteiger partial charge is 0.493 e. The molecule has 0 saturated heterocycles. The van der Waals surface area contributed by atoms with E-state index in [2.05, 4.69) is 36.2 Å². The lowest BCUT2D eigenvalue weighted by atomic mass is 9.98. The summed E-state index contributed by atoms with van der Waals surface area (Å²) in [7, 11) is 3.27. The van der Waals surface area contributed by atoms with Crippen molar-refractivity contribution >= 4 is 16.7 Å². The van der Waals surface area contributed by atoms with Crippen LogP contribution < -0.4 is 9.47 Å². The number of ketones is 1. The van der Waals surface area contributed by atoms with Gasteiger partial charge < -0.3 is 19.3 Å². The third-order valence-electron chi connectivity index (χ3n) is 4.45. The number of aryl methyl sites for hydroxylation is 2. The molecular weight excluding hydrogens is 314 g/mol. The molecule has 25 heavy (non-hydrogen) atoms. The molecule has 0 saturated carbocycles. The van der Waals surface area contributed by atoms with Crippen LogP contribution in [-0.2, 0) is 11.2 Å². The Hall–Kier alpha value is -2.75. The van der Waals surface area contributed by atoms with Gasteiger partial charge in [0, 0.05) is 29.1 Å². The smallest absolute Gasteiger partial charge is 0.162 e. The molecule has 2 aromatic carbocycles. The Balaban J connectivity index is 2.22. The fourth-order valence-electron chi connectivity index (χ4n) is 3.12. The fraction of sp³-hybridized carbons (Fsp3) is 0.286. The molecule has 3 aromatic rings. The highest BCUT2D eigenvalue weighted by Gasteiger charge is 2.17. The zero-order valence-corrected chi connectivity index (χ0v) is 15.1. The summed E-state index contributed by atoms with van der Waals surface area (Å²) in [5, 5.41) is 1.07. The lowest BCUT2D eigenvalue weighted by molar-refractivity contribution is -0.116. The van der Waals surface area contributed by atoms with Crippen LogP contribution in [0, 0.1) is 6.92 Å². The van der Waals surface area contributed by atoms with Gasteiger partial charge in [0.1, 0.15) is 5.78 Å². The second-order valence-electron chi connectivity index (χ2n) is 6.30. The van der Waals surface area contributed by atoms with Crippen LogP contribution in [0.15, 0.2) is 36.4 Å². The molecule has 4 heteroatoms. The Labute approximate surface area is 147 Å². The van der Waals surface area contributed by atoms with Crippen molar-refractivity contribution in [3.63, 3.8) is 0 Å². The second kappa shape index (κ2) is 7.01.